The first-order chi connectivity index (χ1) is 7.77. The molecule has 0 bridgehead atoms. The summed E-state index contributed by atoms with van der Waals surface area (Å²) < 4.78 is 5.45. The fraction of sp³-hybridized carbons (Fsp3) is 0.462. The van der Waals surface area contributed by atoms with E-state index in [1.165, 1.54) is 0 Å². The third-order valence-corrected chi connectivity index (χ3v) is 2.90. The number of amides is 1. The van der Waals surface area contributed by atoms with Gasteiger partial charge in [0, 0.05) is 18.7 Å². The van der Waals surface area contributed by atoms with Crippen molar-refractivity contribution >= 4 is 5.91 Å². The zero-order chi connectivity index (χ0) is 11.4. The van der Waals surface area contributed by atoms with E-state index in [-0.39, 0.29) is 12.0 Å². The van der Waals surface area contributed by atoms with Crippen LogP contribution in [0.2, 0.25) is 0 Å². The lowest BCUT2D eigenvalue weighted by molar-refractivity contribution is 0.0857. The summed E-state index contributed by atoms with van der Waals surface area (Å²) in [7, 11) is 0. The normalized spacial score (nSPS) is 19.7. The van der Waals surface area contributed by atoms with Gasteiger partial charge in [-0.05, 0) is 31.4 Å². The zero-order valence-electron chi connectivity index (χ0n) is 9.53. The summed E-state index contributed by atoms with van der Waals surface area (Å²) >= 11 is 0. The number of nitrogens with one attached hydrogen (secondary N) is 1. The predicted octanol–water partition coefficient (Wildman–Crippen LogP) is 1.90. The van der Waals surface area contributed by atoms with Gasteiger partial charge < -0.3 is 10.1 Å². The first-order valence-corrected chi connectivity index (χ1v) is 5.73. The smallest absolute Gasteiger partial charge is 0.251 e. The Labute approximate surface area is 95.8 Å². The van der Waals surface area contributed by atoms with E-state index in [0.29, 0.717) is 6.54 Å². The van der Waals surface area contributed by atoms with Gasteiger partial charge in [-0.3, -0.25) is 4.79 Å². The molecule has 1 N–H and O–H groups in total. The lowest BCUT2D eigenvalue weighted by Crippen LogP contribution is -2.32. The summed E-state index contributed by atoms with van der Waals surface area (Å²) in [5.74, 6) is -0.00593. The van der Waals surface area contributed by atoms with E-state index in [0.717, 1.165) is 30.6 Å². The lowest BCUT2D eigenvalue weighted by Gasteiger charge is -2.11. The van der Waals surface area contributed by atoms with Crippen molar-refractivity contribution in [2.24, 2.45) is 0 Å². The number of rotatable bonds is 3. The Kier molecular flexibility index (Phi) is 3.57. The van der Waals surface area contributed by atoms with Crippen molar-refractivity contribution in [3.63, 3.8) is 0 Å². The Bertz CT molecular complexity index is 370. The number of aryl methyl sites for hydroxylation is 1. The molecule has 3 heteroatoms. The quantitative estimate of drug-likeness (QED) is 0.843. The molecule has 86 valence electrons. The Hall–Kier alpha value is -1.35. The van der Waals surface area contributed by atoms with Gasteiger partial charge >= 0.3 is 0 Å². The second-order valence-electron chi connectivity index (χ2n) is 4.16. The molecule has 1 aliphatic rings. The Morgan fingerprint density at radius 2 is 2.31 bits per heavy atom. The molecular formula is C13H17NO2. The molecule has 0 aliphatic carbocycles. The molecule has 1 aliphatic heterocycles. The van der Waals surface area contributed by atoms with Crippen molar-refractivity contribution in [1.82, 2.24) is 5.32 Å². The molecule has 1 fully saturated rings. The lowest BCUT2D eigenvalue weighted by atomic mass is 10.1. The Morgan fingerprint density at radius 3 is 3.00 bits per heavy atom. The van der Waals surface area contributed by atoms with Gasteiger partial charge in [0.25, 0.3) is 5.91 Å². The van der Waals surface area contributed by atoms with Gasteiger partial charge in [0.1, 0.15) is 0 Å². The molecule has 1 saturated heterocycles. The molecule has 3 nitrogen and oxygen atoms in total. The van der Waals surface area contributed by atoms with Crippen LogP contribution in [0.15, 0.2) is 24.3 Å². The van der Waals surface area contributed by atoms with Crippen molar-refractivity contribution in [2.75, 3.05) is 13.2 Å². The van der Waals surface area contributed by atoms with Crippen LogP contribution in [0.3, 0.4) is 0 Å². The van der Waals surface area contributed by atoms with E-state index in [9.17, 15) is 4.79 Å². The number of ether oxygens (including phenoxy) is 1. The largest absolute Gasteiger partial charge is 0.376 e. The van der Waals surface area contributed by atoms with Crippen molar-refractivity contribution < 1.29 is 9.53 Å². The van der Waals surface area contributed by atoms with Crippen LogP contribution in [-0.2, 0) is 4.74 Å². The Balaban J connectivity index is 1.90. The average molecular weight is 219 g/mol. The molecule has 1 aromatic carbocycles. The van der Waals surface area contributed by atoms with Gasteiger partial charge in [0.05, 0.1) is 6.10 Å². The fourth-order valence-electron chi connectivity index (χ4n) is 1.93. The number of carbonyl (C=O) groups excluding carboxylic acids is 1. The second kappa shape index (κ2) is 5.12. The monoisotopic (exact) mass is 219 g/mol. The summed E-state index contributed by atoms with van der Waals surface area (Å²) in [5.41, 5.74) is 1.76. The molecule has 0 spiro atoms. The SMILES string of the molecule is Cc1ccccc1C(=O)NCC1CCCO1. The van der Waals surface area contributed by atoms with Gasteiger partial charge in [0.15, 0.2) is 0 Å². The van der Waals surface area contributed by atoms with E-state index in [1.54, 1.807) is 0 Å². The molecule has 1 amide bonds. The standard InChI is InChI=1S/C13H17NO2/c1-10-5-2-3-7-12(10)13(15)14-9-11-6-4-8-16-11/h2-3,5,7,11H,4,6,8-9H2,1H3,(H,14,15). The third-order valence-electron chi connectivity index (χ3n) is 2.90. The van der Waals surface area contributed by atoms with Crippen molar-refractivity contribution in [1.29, 1.82) is 0 Å². The molecule has 1 aromatic rings. The van der Waals surface area contributed by atoms with Crippen LogP contribution in [0.25, 0.3) is 0 Å². The summed E-state index contributed by atoms with van der Waals surface area (Å²) in [6.07, 6.45) is 2.35. The van der Waals surface area contributed by atoms with Crippen molar-refractivity contribution in [2.45, 2.75) is 25.9 Å². The summed E-state index contributed by atoms with van der Waals surface area (Å²) in [6.45, 7) is 3.39. The highest BCUT2D eigenvalue weighted by molar-refractivity contribution is 5.95. The van der Waals surface area contributed by atoms with Crippen LogP contribution in [0.4, 0.5) is 0 Å². The predicted molar refractivity (Wildman–Crippen MR) is 62.5 cm³/mol. The summed E-state index contributed by atoms with van der Waals surface area (Å²) in [5, 5.41) is 2.92. The number of benzene rings is 1. The highest BCUT2D eigenvalue weighted by Crippen LogP contribution is 2.11. The molecule has 2 rings (SSSR count). The van der Waals surface area contributed by atoms with Gasteiger partial charge in [-0.2, -0.15) is 0 Å². The van der Waals surface area contributed by atoms with Crippen LogP contribution in [0.1, 0.15) is 28.8 Å². The topological polar surface area (TPSA) is 38.3 Å². The Morgan fingerprint density at radius 1 is 1.50 bits per heavy atom. The van der Waals surface area contributed by atoms with Gasteiger partial charge in [0.2, 0.25) is 0 Å². The number of hydrogen-bond acceptors (Lipinski definition) is 2. The maximum atomic E-state index is 11.9. The van der Waals surface area contributed by atoms with Crippen LogP contribution in [0, 0.1) is 6.92 Å². The highest BCUT2D eigenvalue weighted by atomic mass is 16.5. The molecule has 1 unspecified atom stereocenters. The molecular weight excluding hydrogens is 202 g/mol. The third kappa shape index (κ3) is 2.61. The molecule has 0 saturated carbocycles. The first-order valence-electron chi connectivity index (χ1n) is 5.73. The molecule has 1 heterocycles. The summed E-state index contributed by atoms with van der Waals surface area (Å²) in [6, 6.07) is 7.61. The van der Waals surface area contributed by atoms with Crippen molar-refractivity contribution in [3.8, 4) is 0 Å². The van der Waals surface area contributed by atoms with Gasteiger partial charge in [-0.15, -0.1) is 0 Å². The van der Waals surface area contributed by atoms with Gasteiger partial charge in [-0.1, -0.05) is 18.2 Å². The minimum Gasteiger partial charge on any atom is -0.376 e. The fourth-order valence-corrected chi connectivity index (χ4v) is 1.93. The van der Waals surface area contributed by atoms with Crippen LogP contribution < -0.4 is 5.32 Å². The minimum atomic E-state index is -0.00593. The maximum Gasteiger partial charge on any atom is 0.251 e. The van der Waals surface area contributed by atoms with E-state index in [4.69, 9.17) is 4.74 Å². The van der Waals surface area contributed by atoms with E-state index >= 15 is 0 Å². The maximum absolute atomic E-state index is 11.9. The second-order valence-corrected chi connectivity index (χ2v) is 4.16. The van der Waals surface area contributed by atoms with Crippen LogP contribution in [-0.4, -0.2) is 25.2 Å². The van der Waals surface area contributed by atoms with E-state index in [2.05, 4.69) is 5.32 Å². The first kappa shape index (κ1) is 11.1. The van der Waals surface area contributed by atoms with Crippen LogP contribution in [0.5, 0.6) is 0 Å². The van der Waals surface area contributed by atoms with Gasteiger partial charge in [-0.25, -0.2) is 0 Å². The van der Waals surface area contributed by atoms with E-state index < -0.39 is 0 Å². The molecule has 16 heavy (non-hydrogen) atoms. The minimum absolute atomic E-state index is 0.00593. The number of carbonyl (C=O) groups is 1. The molecule has 1 atom stereocenters. The van der Waals surface area contributed by atoms with Crippen LogP contribution >= 0.6 is 0 Å². The summed E-state index contributed by atoms with van der Waals surface area (Å²) in [4.78, 5) is 11.9. The average Bonchev–Trinajstić information content (AvgIpc) is 2.79. The molecule has 0 aromatic heterocycles. The van der Waals surface area contributed by atoms with E-state index in [1.807, 2.05) is 31.2 Å². The number of hydrogen-bond donors (Lipinski definition) is 1. The zero-order valence-corrected chi connectivity index (χ0v) is 9.53. The molecule has 0 radical (unpaired) electrons. The highest BCUT2D eigenvalue weighted by Gasteiger charge is 2.16. The van der Waals surface area contributed by atoms with Crippen molar-refractivity contribution in [3.05, 3.63) is 35.4 Å².